The normalized spacial score (nSPS) is 12.3. The number of benzene rings is 2. The van der Waals surface area contributed by atoms with Crippen LogP contribution < -0.4 is 5.73 Å². The molecule has 0 aliphatic rings. The molecule has 0 fully saturated rings. The van der Waals surface area contributed by atoms with Crippen molar-refractivity contribution in [2.24, 2.45) is 5.73 Å². The van der Waals surface area contributed by atoms with E-state index in [-0.39, 0.29) is 6.04 Å². The van der Waals surface area contributed by atoms with Gasteiger partial charge in [0.25, 0.3) is 0 Å². The summed E-state index contributed by atoms with van der Waals surface area (Å²) in [4.78, 5) is 0. The Morgan fingerprint density at radius 3 is 2.11 bits per heavy atom. The van der Waals surface area contributed by atoms with E-state index in [1.807, 2.05) is 18.2 Å². The van der Waals surface area contributed by atoms with Crippen LogP contribution in [0.5, 0.6) is 0 Å². The summed E-state index contributed by atoms with van der Waals surface area (Å²) in [6.07, 6.45) is 3.14. The third-order valence-electron chi connectivity index (χ3n) is 3.40. The van der Waals surface area contributed by atoms with Gasteiger partial charge < -0.3 is 5.73 Å². The second-order valence-electron chi connectivity index (χ2n) is 4.73. The van der Waals surface area contributed by atoms with Gasteiger partial charge in [-0.25, -0.2) is 0 Å². The molecule has 0 saturated carbocycles. The number of aryl methyl sites for hydroxylation is 2. The van der Waals surface area contributed by atoms with Gasteiger partial charge in [0, 0.05) is 6.04 Å². The molecule has 18 heavy (non-hydrogen) atoms. The molecule has 1 unspecified atom stereocenters. The third kappa shape index (κ3) is 3.44. The highest BCUT2D eigenvalue weighted by molar-refractivity contribution is 5.23. The van der Waals surface area contributed by atoms with E-state index < -0.39 is 0 Å². The average Bonchev–Trinajstić information content (AvgIpc) is 2.46. The van der Waals surface area contributed by atoms with E-state index >= 15 is 0 Å². The second kappa shape index (κ2) is 6.36. The molecular formula is C17H21N. The Morgan fingerprint density at radius 2 is 1.50 bits per heavy atom. The van der Waals surface area contributed by atoms with Crippen molar-refractivity contribution in [3.8, 4) is 0 Å². The SMILES string of the molecule is CCc1ccc(CCC(N)c2ccccc2)cc1. The predicted molar refractivity (Wildman–Crippen MR) is 77.5 cm³/mol. The maximum absolute atomic E-state index is 6.20. The van der Waals surface area contributed by atoms with Crippen molar-refractivity contribution in [2.45, 2.75) is 32.2 Å². The lowest BCUT2D eigenvalue weighted by Gasteiger charge is -2.12. The minimum Gasteiger partial charge on any atom is -0.324 e. The second-order valence-corrected chi connectivity index (χ2v) is 4.73. The quantitative estimate of drug-likeness (QED) is 0.842. The Bertz CT molecular complexity index is 459. The smallest absolute Gasteiger partial charge is 0.0298 e. The fourth-order valence-electron chi connectivity index (χ4n) is 2.13. The first-order valence-electron chi connectivity index (χ1n) is 6.68. The zero-order valence-corrected chi connectivity index (χ0v) is 11.0. The van der Waals surface area contributed by atoms with E-state index in [1.165, 1.54) is 16.7 Å². The first-order chi connectivity index (χ1) is 8.79. The molecule has 1 heteroatoms. The van der Waals surface area contributed by atoms with Crippen molar-refractivity contribution < 1.29 is 0 Å². The van der Waals surface area contributed by atoms with Crippen LogP contribution in [0.25, 0.3) is 0 Å². The van der Waals surface area contributed by atoms with Crippen LogP contribution in [0.4, 0.5) is 0 Å². The van der Waals surface area contributed by atoms with Crippen LogP contribution >= 0.6 is 0 Å². The standard InChI is InChI=1S/C17H21N/c1-2-14-8-10-15(11-9-14)12-13-17(18)16-6-4-3-5-7-16/h3-11,17H,2,12-13,18H2,1H3. The molecule has 1 atom stereocenters. The van der Waals surface area contributed by atoms with Crippen molar-refractivity contribution in [3.05, 3.63) is 71.3 Å². The van der Waals surface area contributed by atoms with Crippen LogP contribution in [0, 0.1) is 0 Å². The lowest BCUT2D eigenvalue weighted by molar-refractivity contribution is 0.651. The van der Waals surface area contributed by atoms with E-state index in [2.05, 4.69) is 43.3 Å². The van der Waals surface area contributed by atoms with E-state index in [9.17, 15) is 0 Å². The highest BCUT2D eigenvalue weighted by Crippen LogP contribution is 2.16. The van der Waals surface area contributed by atoms with Gasteiger partial charge in [0.2, 0.25) is 0 Å². The van der Waals surface area contributed by atoms with E-state index in [0.717, 1.165) is 19.3 Å². The zero-order valence-electron chi connectivity index (χ0n) is 11.0. The summed E-state index contributed by atoms with van der Waals surface area (Å²) in [6, 6.07) is 19.3. The first kappa shape index (κ1) is 12.8. The van der Waals surface area contributed by atoms with Crippen molar-refractivity contribution >= 4 is 0 Å². The molecule has 2 rings (SSSR count). The molecule has 0 saturated heterocycles. The summed E-state index contributed by atoms with van der Waals surface area (Å²) in [5, 5.41) is 0. The molecule has 0 heterocycles. The molecule has 1 nitrogen and oxygen atoms in total. The monoisotopic (exact) mass is 239 g/mol. The maximum Gasteiger partial charge on any atom is 0.0298 e. The van der Waals surface area contributed by atoms with Gasteiger partial charge in [-0.1, -0.05) is 61.5 Å². The maximum atomic E-state index is 6.20. The van der Waals surface area contributed by atoms with Gasteiger partial charge in [0.15, 0.2) is 0 Å². The fourth-order valence-corrected chi connectivity index (χ4v) is 2.13. The molecule has 0 aliphatic heterocycles. The Balaban J connectivity index is 1.91. The molecule has 2 N–H and O–H groups in total. The molecule has 0 amide bonds. The van der Waals surface area contributed by atoms with Gasteiger partial charge in [0.1, 0.15) is 0 Å². The van der Waals surface area contributed by atoms with E-state index in [0.29, 0.717) is 0 Å². The summed E-state index contributed by atoms with van der Waals surface area (Å²) in [6.45, 7) is 2.18. The van der Waals surface area contributed by atoms with Gasteiger partial charge in [0.05, 0.1) is 0 Å². The molecule has 2 aromatic rings. The zero-order chi connectivity index (χ0) is 12.8. The molecule has 0 aliphatic carbocycles. The Morgan fingerprint density at radius 1 is 0.889 bits per heavy atom. The Kier molecular flexibility index (Phi) is 4.54. The van der Waals surface area contributed by atoms with Crippen LogP contribution in [0.3, 0.4) is 0 Å². The number of hydrogen-bond donors (Lipinski definition) is 1. The number of rotatable bonds is 5. The molecule has 94 valence electrons. The lowest BCUT2D eigenvalue weighted by atomic mass is 9.99. The summed E-state index contributed by atoms with van der Waals surface area (Å²) in [7, 11) is 0. The van der Waals surface area contributed by atoms with Gasteiger partial charge in [-0.15, -0.1) is 0 Å². The van der Waals surface area contributed by atoms with Gasteiger partial charge >= 0.3 is 0 Å². The first-order valence-corrected chi connectivity index (χ1v) is 6.68. The molecule has 2 aromatic carbocycles. The summed E-state index contributed by atoms with van der Waals surface area (Å²) < 4.78 is 0. The summed E-state index contributed by atoms with van der Waals surface area (Å²) in [5.41, 5.74) is 10.2. The fraction of sp³-hybridized carbons (Fsp3) is 0.294. The Hall–Kier alpha value is -1.60. The highest BCUT2D eigenvalue weighted by atomic mass is 14.6. The van der Waals surface area contributed by atoms with Crippen molar-refractivity contribution in [2.75, 3.05) is 0 Å². The molecule has 0 spiro atoms. The topological polar surface area (TPSA) is 26.0 Å². The van der Waals surface area contributed by atoms with Crippen LogP contribution in [0.2, 0.25) is 0 Å². The average molecular weight is 239 g/mol. The van der Waals surface area contributed by atoms with Crippen LogP contribution in [0.15, 0.2) is 54.6 Å². The molecular weight excluding hydrogens is 218 g/mol. The van der Waals surface area contributed by atoms with Crippen molar-refractivity contribution in [3.63, 3.8) is 0 Å². The third-order valence-corrected chi connectivity index (χ3v) is 3.40. The Labute approximate surface area is 110 Å². The molecule has 0 radical (unpaired) electrons. The summed E-state index contributed by atoms with van der Waals surface area (Å²) >= 11 is 0. The molecule has 0 aromatic heterocycles. The summed E-state index contributed by atoms with van der Waals surface area (Å²) in [5.74, 6) is 0. The minimum absolute atomic E-state index is 0.136. The van der Waals surface area contributed by atoms with Gasteiger partial charge in [-0.05, 0) is 36.0 Å². The minimum atomic E-state index is 0.136. The van der Waals surface area contributed by atoms with Crippen LogP contribution in [-0.4, -0.2) is 0 Å². The van der Waals surface area contributed by atoms with Crippen LogP contribution in [-0.2, 0) is 12.8 Å². The largest absolute Gasteiger partial charge is 0.324 e. The lowest BCUT2D eigenvalue weighted by Crippen LogP contribution is -2.11. The highest BCUT2D eigenvalue weighted by Gasteiger charge is 2.05. The number of nitrogens with two attached hydrogens (primary N) is 1. The number of hydrogen-bond acceptors (Lipinski definition) is 1. The van der Waals surface area contributed by atoms with Crippen molar-refractivity contribution in [1.29, 1.82) is 0 Å². The predicted octanol–water partition coefficient (Wildman–Crippen LogP) is 3.88. The van der Waals surface area contributed by atoms with E-state index in [4.69, 9.17) is 5.73 Å². The van der Waals surface area contributed by atoms with Gasteiger partial charge in [-0.2, -0.15) is 0 Å². The van der Waals surface area contributed by atoms with E-state index in [1.54, 1.807) is 0 Å². The van der Waals surface area contributed by atoms with Gasteiger partial charge in [-0.3, -0.25) is 0 Å². The van der Waals surface area contributed by atoms with Crippen LogP contribution in [0.1, 0.15) is 36.1 Å². The van der Waals surface area contributed by atoms with Crippen molar-refractivity contribution in [1.82, 2.24) is 0 Å². The molecule has 0 bridgehead atoms.